The van der Waals surface area contributed by atoms with Gasteiger partial charge in [-0.05, 0) is 16.7 Å². The van der Waals surface area contributed by atoms with Gasteiger partial charge in [0.05, 0.1) is 26.4 Å². The van der Waals surface area contributed by atoms with Gasteiger partial charge in [0.1, 0.15) is 30.5 Å². The van der Waals surface area contributed by atoms with Gasteiger partial charge in [0.25, 0.3) is 0 Å². The first kappa shape index (κ1) is 27.9. The Hall–Kier alpha value is -1.70. The Morgan fingerprint density at radius 2 is 1.06 bits per heavy atom. The van der Waals surface area contributed by atoms with Crippen molar-refractivity contribution in [2.75, 3.05) is 6.61 Å². The fourth-order valence-corrected chi connectivity index (χ4v) is 4.16. The molecule has 1 fully saturated rings. The Morgan fingerprint density at radius 1 is 0.657 bits per heavy atom. The van der Waals surface area contributed by atoms with Gasteiger partial charge in [-0.25, -0.2) is 0 Å². The smallest absolute Gasteiger partial charge is 0.116 e. The van der Waals surface area contributed by atoms with Gasteiger partial charge >= 0.3 is 0 Å². The normalized spacial score (nSPS) is 23.9. The van der Waals surface area contributed by atoms with E-state index in [0.717, 1.165) is 16.7 Å². The summed E-state index contributed by atoms with van der Waals surface area (Å²) in [6.07, 6.45) is -0.746. The van der Waals surface area contributed by atoms with Crippen molar-refractivity contribution in [2.45, 2.75) is 50.3 Å². The summed E-state index contributed by atoms with van der Waals surface area (Å²) in [6, 6.07) is 29.9. The molecular weight excluding hydrogens is 517 g/mol. The van der Waals surface area contributed by atoms with E-state index in [1.807, 2.05) is 91.0 Å². The van der Waals surface area contributed by atoms with E-state index in [4.69, 9.17) is 18.9 Å². The molecule has 35 heavy (non-hydrogen) atoms. The molecule has 1 aliphatic rings. The minimum atomic E-state index is -0.566. The summed E-state index contributed by atoms with van der Waals surface area (Å²) in [6.45, 7) is 4.92. The summed E-state index contributed by atoms with van der Waals surface area (Å²) in [4.78, 5) is 0. The predicted octanol–water partition coefficient (Wildman–Crippen LogP) is 4.69. The van der Waals surface area contributed by atoms with E-state index in [-0.39, 0.29) is 39.3 Å². The van der Waals surface area contributed by atoms with Crippen LogP contribution in [0.25, 0.3) is 0 Å². The van der Waals surface area contributed by atoms with Gasteiger partial charge in [-0.1, -0.05) is 97.1 Å². The van der Waals surface area contributed by atoms with Crippen LogP contribution in [0.3, 0.4) is 0 Å². The summed E-state index contributed by atoms with van der Waals surface area (Å²) < 4.78 is 25.3. The van der Waals surface area contributed by atoms with Crippen LogP contribution in [-0.4, -0.2) is 42.2 Å². The molecule has 1 saturated heterocycles. The van der Waals surface area contributed by atoms with Crippen molar-refractivity contribution in [2.24, 2.45) is 0 Å². The first-order valence-electron chi connectivity index (χ1n) is 11.6. The van der Waals surface area contributed by atoms with Crippen molar-refractivity contribution >= 4 is 0 Å². The van der Waals surface area contributed by atoms with Crippen LogP contribution >= 0.6 is 0 Å². The minimum absolute atomic E-state index is 0. The van der Waals surface area contributed by atoms with Crippen molar-refractivity contribution in [3.05, 3.63) is 120 Å². The Kier molecular flexibility index (Phi) is 11.8. The minimum Gasteiger partial charge on any atom is -0.394 e. The Morgan fingerprint density at radius 3 is 1.46 bits per heavy atom. The molecule has 0 spiro atoms. The predicted molar refractivity (Wildman–Crippen MR) is 131 cm³/mol. The Balaban J connectivity index is 0.00000342. The molecule has 0 aliphatic carbocycles. The molecule has 3 aromatic rings. The largest absolute Gasteiger partial charge is 0.394 e. The van der Waals surface area contributed by atoms with E-state index in [9.17, 15) is 5.11 Å². The van der Waals surface area contributed by atoms with Crippen LogP contribution in [-0.2, 0) is 71.5 Å². The molecule has 181 valence electrons. The zero-order chi connectivity index (χ0) is 23.6. The number of benzene rings is 3. The summed E-state index contributed by atoms with van der Waals surface area (Å²) in [5.74, 6) is 0. The monoisotopic (exact) mass is 549 g/mol. The van der Waals surface area contributed by atoms with Crippen molar-refractivity contribution in [3.63, 3.8) is 0 Å². The topological polar surface area (TPSA) is 57.2 Å². The van der Waals surface area contributed by atoms with Crippen LogP contribution in [0, 0.1) is 0 Å². The van der Waals surface area contributed by atoms with Crippen LogP contribution < -0.4 is 0 Å². The molecule has 0 amide bonds. The molecule has 5 atom stereocenters. The van der Waals surface area contributed by atoms with Crippen LogP contribution in [0.2, 0.25) is 0 Å². The van der Waals surface area contributed by atoms with E-state index in [0.29, 0.717) is 19.8 Å². The molecule has 5 nitrogen and oxygen atoms in total. The van der Waals surface area contributed by atoms with Crippen LogP contribution in [0.1, 0.15) is 16.7 Å². The number of hydrogen-bond acceptors (Lipinski definition) is 5. The summed E-state index contributed by atoms with van der Waals surface area (Å²) in [5.41, 5.74) is 3.14. The van der Waals surface area contributed by atoms with Gasteiger partial charge in [-0.2, -0.15) is 0 Å². The van der Waals surface area contributed by atoms with Gasteiger partial charge in [0, 0.05) is 32.7 Å². The van der Waals surface area contributed by atoms with Gasteiger partial charge in [-0.3, -0.25) is 0 Å². The second kappa shape index (κ2) is 14.8. The zero-order valence-corrected chi connectivity index (χ0v) is 22.7. The van der Waals surface area contributed by atoms with E-state index in [1.54, 1.807) is 6.08 Å². The molecule has 1 heterocycles. The fourth-order valence-electron chi connectivity index (χ4n) is 4.16. The SMILES string of the molecule is C=C[C@@H]1OC(CO)[C@H](OCc2ccccc2)[C@H](OCc2ccccc2)C1OCc1ccccc1.[Y]. The quantitative estimate of drug-likeness (QED) is 0.352. The Labute approximate surface area is 232 Å². The third-order valence-electron chi connectivity index (χ3n) is 5.94. The molecule has 0 bridgehead atoms. The molecule has 4 rings (SSSR count). The molecule has 0 saturated carbocycles. The van der Waals surface area contributed by atoms with Crippen molar-refractivity contribution in [1.29, 1.82) is 0 Å². The molecular formula is C29H32O5Y. The molecule has 0 aromatic heterocycles. The van der Waals surface area contributed by atoms with E-state index < -0.39 is 30.5 Å². The van der Waals surface area contributed by atoms with E-state index in [2.05, 4.69) is 6.58 Å². The first-order valence-corrected chi connectivity index (χ1v) is 11.6. The van der Waals surface area contributed by atoms with Gasteiger partial charge in [-0.15, -0.1) is 6.58 Å². The number of hydrogen-bond donors (Lipinski definition) is 1. The number of aliphatic hydroxyl groups is 1. The van der Waals surface area contributed by atoms with Gasteiger partial charge in [0.15, 0.2) is 0 Å². The molecule has 1 radical (unpaired) electrons. The zero-order valence-electron chi connectivity index (χ0n) is 19.8. The van der Waals surface area contributed by atoms with Gasteiger partial charge in [0.2, 0.25) is 0 Å². The second-order valence-electron chi connectivity index (χ2n) is 8.34. The second-order valence-corrected chi connectivity index (χ2v) is 8.34. The van der Waals surface area contributed by atoms with Crippen LogP contribution in [0.5, 0.6) is 0 Å². The number of ether oxygens (including phenoxy) is 4. The number of aliphatic hydroxyl groups excluding tert-OH is 1. The Bertz CT molecular complexity index is 986. The van der Waals surface area contributed by atoms with Crippen LogP contribution in [0.15, 0.2) is 104 Å². The average Bonchev–Trinajstić information content (AvgIpc) is 2.91. The van der Waals surface area contributed by atoms with E-state index >= 15 is 0 Å². The van der Waals surface area contributed by atoms with Gasteiger partial charge < -0.3 is 24.1 Å². The van der Waals surface area contributed by atoms with Crippen LogP contribution in [0.4, 0.5) is 0 Å². The molecule has 1 aliphatic heterocycles. The van der Waals surface area contributed by atoms with Crippen molar-refractivity contribution in [3.8, 4) is 0 Å². The van der Waals surface area contributed by atoms with E-state index in [1.165, 1.54) is 0 Å². The van der Waals surface area contributed by atoms with Crippen molar-refractivity contribution in [1.82, 2.24) is 0 Å². The molecule has 1 N–H and O–H groups in total. The number of rotatable bonds is 11. The maximum Gasteiger partial charge on any atom is 0.116 e. The average molecular weight is 549 g/mol. The third-order valence-corrected chi connectivity index (χ3v) is 5.94. The first-order chi connectivity index (χ1) is 16.8. The maximum absolute atomic E-state index is 10.1. The summed E-state index contributed by atoms with van der Waals surface area (Å²) >= 11 is 0. The summed E-state index contributed by atoms with van der Waals surface area (Å²) in [7, 11) is 0. The van der Waals surface area contributed by atoms with Crippen molar-refractivity contribution < 1.29 is 56.8 Å². The molecule has 2 unspecified atom stereocenters. The maximum atomic E-state index is 10.1. The standard InChI is InChI=1S/C29H32O5.Y/c1-2-25-27(31-19-22-12-6-3-7-13-22)29(33-21-24-16-10-5-11-17-24)28(26(18-30)34-25)32-20-23-14-8-4-9-15-23;/h2-17,25-30H,1,18-21H2;/t25-,26?,27?,28-,29+;/m0./s1. The fraction of sp³-hybridized carbons (Fsp3) is 0.310. The summed E-state index contributed by atoms with van der Waals surface area (Å²) in [5, 5.41) is 10.1. The third kappa shape index (κ3) is 7.89. The molecule has 6 heteroatoms. The molecule has 3 aromatic carbocycles.